The summed E-state index contributed by atoms with van der Waals surface area (Å²) in [6.45, 7) is 2.89. The van der Waals surface area contributed by atoms with Crippen molar-refractivity contribution in [3.63, 3.8) is 0 Å². The molecule has 0 fully saturated rings. The number of unbranched alkanes of at least 4 members (excludes halogenated alkanes) is 5. The van der Waals surface area contributed by atoms with Crippen LogP contribution in [0.3, 0.4) is 0 Å². The molecule has 0 unspecified atom stereocenters. The number of nitriles is 1. The maximum atomic E-state index is 8.83. The number of nitrogens with zero attached hydrogens (tertiary/aromatic N) is 2. The van der Waals surface area contributed by atoms with Crippen molar-refractivity contribution in [2.75, 3.05) is 6.61 Å². The maximum absolute atomic E-state index is 8.83. The minimum Gasteiger partial charge on any atom is -0.491 e. The van der Waals surface area contributed by atoms with Gasteiger partial charge in [0.05, 0.1) is 6.61 Å². The van der Waals surface area contributed by atoms with Gasteiger partial charge in [0.25, 0.3) is 0 Å². The molecule has 17 heavy (non-hydrogen) atoms. The quantitative estimate of drug-likeness (QED) is 0.642. The summed E-state index contributed by atoms with van der Waals surface area (Å²) in [5.41, 5.74) is 0.374. The largest absolute Gasteiger partial charge is 0.491 e. The second kappa shape index (κ2) is 8.58. The van der Waals surface area contributed by atoms with Crippen LogP contribution >= 0.6 is 0 Å². The number of rotatable bonds is 8. The van der Waals surface area contributed by atoms with Crippen molar-refractivity contribution in [2.45, 2.75) is 45.4 Å². The van der Waals surface area contributed by atoms with Crippen LogP contribution in [-0.4, -0.2) is 11.6 Å². The molecular weight excluding hydrogens is 212 g/mol. The molecule has 92 valence electrons. The molecule has 1 aromatic heterocycles. The topological polar surface area (TPSA) is 45.9 Å². The lowest BCUT2D eigenvalue weighted by atomic mass is 10.1. The van der Waals surface area contributed by atoms with Gasteiger partial charge in [-0.05, 0) is 18.6 Å². The van der Waals surface area contributed by atoms with E-state index in [9.17, 15) is 0 Å². The van der Waals surface area contributed by atoms with E-state index in [1.807, 2.05) is 6.07 Å². The normalized spacial score (nSPS) is 9.88. The second-order valence-corrected chi connectivity index (χ2v) is 4.08. The van der Waals surface area contributed by atoms with Crippen LogP contribution in [0.25, 0.3) is 0 Å². The van der Waals surface area contributed by atoms with Crippen LogP contribution in [0, 0.1) is 11.3 Å². The fourth-order valence-electron chi connectivity index (χ4n) is 1.66. The smallest absolute Gasteiger partial charge is 0.182 e. The van der Waals surface area contributed by atoms with Crippen molar-refractivity contribution >= 4 is 0 Å². The van der Waals surface area contributed by atoms with Gasteiger partial charge < -0.3 is 4.74 Å². The number of hydrogen-bond acceptors (Lipinski definition) is 3. The molecule has 3 nitrogen and oxygen atoms in total. The summed E-state index contributed by atoms with van der Waals surface area (Å²) < 4.78 is 5.55. The van der Waals surface area contributed by atoms with E-state index in [0.29, 0.717) is 18.1 Å². The Kier molecular flexibility index (Phi) is 6.81. The summed E-state index contributed by atoms with van der Waals surface area (Å²) in [5, 5.41) is 8.83. The molecule has 0 N–H and O–H groups in total. The van der Waals surface area contributed by atoms with E-state index in [2.05, 4.69) is 11.9 Å². The van der Waals surface area contributed by atoms with Gasteiger partial charge in [-0.15, -0.1) is 0 Å². The van der Waals surface area contributed by atoms with Gasteiger partial charge in [-0.1, -0.05) is 39.0 Å². The van der Waals surface area contributed by atoms with Gasteiger partial charge in [0.1, 0.15) is 6.07 Å². The van der Waals surface area contributed by atoms with Crippen molar-refractivity contribution in [1.82, 2.24) is 4.98 Å². The molecule has 0 saturated heterocycles. The summed E-state index contributed by atoms with van der Waals surface area (Å²) in [4.78, 5) is 3.95. The Labute approximate surface area is 103 Å². The summed E-state index contributed by atoms with van der Waals surface area (Å²) in [6.07, 6.45) is 9.03. The van der Waals surface area contributed by atoms with Crippen molar-refractivity contribution in [1.29, 1.82) is 5.26 Å². The van der Waals surface area contributed by atoms with E-state index in [1.54, 1.807) is 18.3 Å². The highest BCUT2D eigenvalue weighted by atomic mass is 16.5. The van der Waals surface area contributed by atoms with E-state index in [0.717, 1.165) is 6.42 Å². The standard InChI is InChI=1S/C14H20N2O/c1-2-3-4-5-6-7-11-17-14-9-8-10-16-13(14)12-15/h8-10H,2-7,11H2,1H3. The Bertz CT molecular complexity index is 357. The molecule has 0 aromatic carbocycles. The predicted octanol–water partition coefficient (Wildman–Crippen LogP) is 3.69. The maximum Gasteiger partial charge on any atom is 0.182 e. The fraction of sp³-hybridized carbons (Fsp3) is 0.571. The van der Waals surface area contributed by atoms with Crippen LogP contribution in [0.4, 0.5) is 0 Å². The lowest BCUT2D eigenvalue weighted by molar-refractivity contribution is 0.302. The molecule has 0 spiro atoms. The molecule has 0 saturated carbocycles. The first-order valence-electron chi connectivity index (χ1n) is 6.36. The van der Waals surface area contributed by atoms with Gasteiger partial charge in [0.15, 0.2) is 11.4 Å². The molecule has 0 amide bonds. The molecule has 0 aliphatic heterocycles. The van der Waals surface area contributed by atoms with E-state index in [4.69, 9.17) is 10.00 Å². The Hall–Kier alpha value is -1.56. The Morgan fingerprint density at radius 1 is 1.24 bits per heavy atom. The first-order valence-corrected chi connectivity index (χ1v) is 6.36. The third-order valence-electron chi connectivity index (χ3n) is 2.63. The highest BCUT2D eigenvalue weighted by Crippen LogP contribution is 2.14. The number of hydrogen-bond donors (Lipinski definition) is 0. The third kappa shape index (κ3) is 5.35. The number of ether oxygens (including phenoxy) is 1. The molecule has 1 aromatic rings. The first kappa shape index (κ1) is 13.5. The van der Waals surface area contributed by atoms with Crippen molar-refractivity contribution in [2.24, 2.45) is 0 Å². The Balaban J connectivity index is 2.16. The summed E-state index contributed by atoms with van der Waals surface area (Å²) in [7, 11) is 0. The minimum absolute atomic E-state index is 0.374. The van der Waals surface area contributed by atoms with E-state index >= 15 is 0 Å². The van der Waals surface area contributed by atoms with Gasteiger partial charge in [-0.3, -0.25) is 0 Å². The van der Waals surface area contributed by atoms with Gasteiger partial charge >= 0.3 is 0 Å². The Morgan fingerprint density at radius 3 is 2.76 bits per heavy atom. The second-order valence-electron chi connectivity index (χ2n) is 4.08. The van der Waals surface area contributed by atoms with E-state index in [-0.39, 0.29) is 0 Å². The highest BCUT2D eigenvalue weighted by Gasteiger charge is 2.02. The molecular formula is C14H20N2O. The first-order chi connectivity index (χ1) is 8.38. The van der Waals surface area contributed by atoms with E-state index < -0.39 is 0 Å². The lowest BCUT2D eigenvalue weighted by Crippen LogP contribution is -2.00. The molecule has 0 radical (unpaired) electrons. The average Bonchev–Trinajstić information content (AvgIpc) is 2.38. The zero-order chi connectivity index (χ0) is 12.3. The molecule has 3 heteroatoms. The minimum atomic E-state index is 0.374. The summed E-state index contributed by atoms with van der Waals surface area (Å²) in [5.74, 6) is 0.601. The van der Waals surface area contributed by atoms with Crippen LogP contribution in [0.1, 0.15) is 51.1 Å². The molecule has 0 aliphatic carbocycles. The monoisotopic (exact) mass is 232 g/mol. The van der Waals surface area contributed by atoms with Crippen molar-refractivity contribution in [3.05, 3.63) is 24.0 Å². The van der Waals surface area contributed by atoms with Gasteiger partial charge in [0, 0.05) is 6.20 Å². The zero-order valence-corrected chi connectivity index (χ0v) is 10.5. The highest BCUT2D eigenvalue weighted by molar-refractivity contribution is 5.36. The van der Waals surface area contributed by atoms with Crippen LogP contribution in [-0.2, 0) is 0 Å². The van der Waals surface area contributed by atoms with Crippen LogP contribution < -0.4 is 4.74 Å². The Morgan fingerprint density at radius 2 is 2.00 bits per heavy atom. The van der Waals surface area contributed by atoms with Gasteiger partial charge in [-0.2, -0.15) is 5.26 Å². The molecule has 0 bridgehead atoms. The van der Waals surface area contributed by atoms with Crippen LogP contribution in [0.2, 0.25) is 0 Å². The van der Waals surface area contributed by atoms with Gasteiger partial charge in [0.2, 0.25) is 0 Å². The predicted molar refractivity (Wildman–Crippen MR) is 67.8 cm³/mol. The van der Waals surface area contributed by atoms with Crippen LogP contribution in [0.5, 0.6) is 5.75 Å². The van der Waals surface area contributed by atoms with Crippen molar-refractivity contribution in [3.8, 4) is 11.8 Å². The zero-order valence-electron chi connectivity index (χ0n) is 10.5. The van der Waals surface area contributed by atoms with Crippen LogP contribution in [0.15, 0.2) is 18.3 Å². The third-order valence-corrected chi connectivity index (χ3v) is 2.63. The average molecular weight is 232 g/mol. The van der Waals surface area contributed by atoms with Crippen molar-refractivity contribution < 1.29 is 4.74 Å². The molecule has 1 heterocycles. The number of pyridine rings is 1. The molecule has 0 aliphatic rings. The van der Waals surface area contributed by atoms with Gasteiger partial charge in [-0.25, -0.2) is 4.98 Å². The lowest BCUT2D eigenvalue weighted by Gasteiger charge is -2.06. The molecule has 0 atom stereocenters. The number of aromatic nitrogens is 1. The van der Waals surface area contributed by atoms with E-state index in [1.165, 1.54) is 32.1 Å². The summed E-state index contributed by atoms with van der Waals surface area (Å²) in [6, 6.07) is 5.61. The SMILES string of the molecule is CCCCCCCCOc1cccnc1C#N. The summed E-state index contributed by atoms with van der Waals surface area (Å²) >= 11 is 0. The molecule has 1 rings (SSSR count). The fourth-order valence-corrected chi connectivity index (χ4v) is 1.66.